The van der Waals surface area contributed by atoms with Crippen molar-refractivity contribution < 1.29 is 0 Å². The molecule has 0 fully saturated rings. The van der Waals surface area contributed by atoms with Crippen molar-refractivity contribution in [3.63, 3.8) is 0 Å². The van der Waals surface area contributed by atoms with Crippen LogP contribution in [-0.2, 0) is 5.75 Å². The van der Waals surface area contributed by atoms with Gasteiger partial charge in [-0.1, -0.05) is 47.7 Å². The summed E-state index contributed by atoms with van der Waals surface area (Å²) in [4.78, 5) is 4.01. The Bertz CT molecular complexity index is 812. The van der Waals surface area contributed by atoms with Crippen LogP contribution in [0.3, 0.4) is 0 Å². The number of hydrazone groups is 1. The lowest BCUT2D eigenvalue weighted by atomic mass is 10.2. The first-order valence-corrected chi connectivity index (χ1v) is 8.29. The molecule has 0 saturated heterocycles. The van der Waals surface area contributed by atoms with Crippen LogP contribution in [0.4, 0.5) is 5.95 Å². The smallest absolute Gasteiger partial charge is 0.264 e. The first-order valence-electron chi connectivity index (χ1n) is 7.30. The highest BCUT2D eigenvalue weighted by Gasteiger charge is 2.09. The summed E-state index contributed by atoms with van der Waals surface area (Å²) in [5.41, 5.74) is 6.10. The number of nitrogens with one attached hydrogen (secondary N) is 1. The fourth-order valence-corrected chi connectivity index (χ4v) is 2.71. The summed E-state index contributed by atoms with van der Waals surface area (Å²) in [6, 6.07) is 12.1. The van der Waals surface area contributed by atoms with Crippen LogP contribution in [-0.4, -0.2) is 26.1 Å². The summed E-state index contributed by atoms with van der Waals surface area (Å²) >= 11 is 1.52. The van der Waals surface area contributed by atoms with Crippen LogP contribution < -0.4 is 11.3 Å². The van der Waals surface area contributed by atoms with Crippen LogP contribution in [0.15, 0.2) is 59.0 Å². The predicted octanol–water partition coefficient (Wildman–Crippen LogP) is 2.43. The van der Waals surface area contributed by atoms with E-state index < -0.39 is 0 Å². The number of pyridine rings is 1. The molecular formula is C16H17N7S. The number of anilines is 1. The van der Waals surface area contributed by atoms with Crippen molar-refractivity contribution in [3.05, 3.63) is 65.5 Å². The van der Waals surface area contributed by atoms with Gasteiger partial charge < -0.3 is 5.84 Å². The van der Waals surface area contributed by atoms with Crippen molar-refractivity contribution in [2.24, 2.45) is 5.10 Å². The van der Waals surface area contributed by atoms with Gasteiger partial charge in [0.05, 0.1) is 6.21 Å². The van der Waals surface area contributed by atoms with Crippen LogP contribution in [0.2, 0.25) is 0 Å². The molecule has 7 nitrogen and oxygen atoms in total. The van der Waals surface area contributed by atoms with Crippen molar-refractivity contribution >= 4 is 23.9 Å². The van der Waals surface area contributed by atoms with E-state index in [0.29, 0.717) is 11.1 Å². The van der Waals surface area contributed by atoms with Gasteiger partial charge in [0.15, 0.2) is 0 Å². The average molecular weight is 339 g/mol. The molecule has 3 aromatic rings. The molecule has 0 bridgehead atoms. The minimum absolute atomic E-state index is 0.376. The summed E-state index contributed by atoms with van der Waals surface area (Å²) < 4.78 is 1.39. The van der Waals surface area contributed by atoms with Gasteiger partial charge in [0, 0.05) is 23.7 Å². The van der Waals surface area contributed by atoms with Crippen molar-refractivity contribution in [1.82, 2.24) is 19.9 Å². The van der Waals surface area contributed by atoms with Gasteiger partial charge in [0.2, 0.25) is 5.16 Å². The van der Waals surface area contributed by atoms with Gasteiger partial charge in [-0.3, -0.25) is 4.98 Å². The molecule has 24 heavy (non-hydrogen) atoms. The Balaban J connectivity index is 1.59. The van der Waals surface area contributed by atoms with Crippen molar-refractivity contribution in [1.29, 1.82) is 0 Å². The SMILES string of the molecule is Cc1ccc(CSc2nnc(N/N=C/c3cccnc3)n2N)cc1. The molecule has 0 aliphatic carbocycles. The van der Waals surface area contributed by atoms with E-state index in [2.05, 4.69) is 56.9 Å². The number of aromatic nitrogens is 4. The number of benzene rings is 1. The molecule has 0 unspecified atom stereocenters. The van der Waals surface area contributed by atoms with E-state index in [4.69, 9.17) is 5.84 Å². The second-order valence-electron chi connectivity index (χ2n) is 5.11. The highest BCUT2D eigenvalue weighted by molar-refractivity contribution is 7.98. The lowest BCUT2D eigenvalue weighted by Crippen LogP contribution is -2.13. The number of aryl methyl sites for hydroxylation is 1. The van der Waals surface area contributed by atoms with E-state index in [1.807, 2.05) is 12.1 Å². The Hall–Kier alpha value is -2.87. The Morgan fingerprint density at radius 2 is 2.08 bits per heavy atom. The molecule has 0 saturated carbocycles. The zero-order valence-corrected chi connectivity index (χ0v) is 13.9. The van der Waals surface area contributed by atoms with Gasteiger partial charge >= 0.3 is 0 Å². The molecule has 8 heteroatoms. The normalized spacial score (nSPS) is 11.0. The highest BCUT2D eigenvalue weighted by Crippen LogP contribution is 2.21. The first kappa shape index (κ1) is 16.0. The fraction of sp³-hybridized carbons (Fsp3) is 0.125. The Morgan fingerprint density at radius 3 is 2.83 bits per heavy atom. The standard InChI is InChI=1S/C16H17N7S/c1-12-4-6-13(7-5-12)11-24-16-22-21-15(23(16)17)20-19-10-14-3-2-8-18-9-14/h2-10H,11,17H2,1H3,(H,20,21)/b19-10+. The molecule has 122 valence electrons. The number of hydrogen-bond donors (Lipinski definition) is 2. The van der Waals surface area contributed by atoms with Crippen LogP contribution in [0.1, 0.15) is 16.7 Å². The van der Waals surface area contributed by atoms with Gasteiger partial charge in [-0.05, 0) is 18.6 Å². The molecule has 1 aromatic carbocycles. The summed E-state index contributed by atoms with van der Waals surface area (Å²) in [5.74, 6) is 7.14. The van der Waals surface area contributed by atoms with E-state index in [-0.39, 0.29) is 0 Å². The monoisotopic (exact) mass is 339 g/mol. The molecular weight excluding hydrogens is 322 g/mol. The van der Waals surface area contributed by atoms with E-state index in [1.54, 1.807) is 18.6 Å². The molecule has 0 amide bonds. The third-order valence-electron chi connectivity index (χ3n) is 3.22. The lowest BCUT2D eigenvalue weighted by Gasteiger charge is -2.03. The fourth-order valence-electron chi connectivity index (χ4n) is 1.90. The molecule has 2 heterocycles. The Labute approximate surface area is 144 Å². The van der Waals surface area contributed by atoms with E-state index >= 15 is 0 Å². The molecule has 3 rings (SSSR count). The van der Waals surface area contributed by atoms with Crippen molar-refractivity contribution in [2.75, 3.05) is 11.3 Å². The minimum Gasteiger partial charge on any atom is -0.334 e. The molecule has 0 spiro atoms. The predicted molar refractivity (Wildman–Crippen MR) is 96.4 cm³/mol. The number of nitrogens with two attached hydrogens (primary N) is 1. The minimum atomic E-state index is 0.376. The van der Waals surface area contributed by atoms with Gasteiger partial charge in [0.25, 0.3) is 5.95 Å². The van der Waals surface area contributed by atoms with Gasteiger partial charge in [-0.15, -0.1) is 10.2 Å². The van der Waals surface area contributed by atoms with Crippen LogP contribution >= 0.6 is 11.8 Å². The molecule has 0 aliphatic heterocycles. The number of rotatable bonds is 6. The van der Waals surface area contributed by atoms with Crippen molar-refractivity contribution in [3.8, 4) is 0 Å². The van der Waals surface area contributed by atoms with Crippen LogP contribution in [0, 0.1) is 6.92 Å². The topological polar surface area (TPSA) is 94.0 Å². The molecule has 3 N–H and O–H groups in total. The number of hydrogen-bond acceptors (Lipinski definition) is 7. The third kappa shape index (κ3) is 4.11. The highest BCUT2D eigenvalue weighted by atomic mass is 32.2. The molecule has 0 atom stereocenters. The quantitative estimate of drug-likeness (QED) is 0.310. The third-order valence-corrected chi connectivity index (χ3v) is 4.23. The number of nitrogens with zero attached hydrogens (tertiary/aromatic N) is 5. The summed E-state index contributed by atoms with van der Waals surface area (Å²) in [6.45, 7) is 2.07. The Kier molecular flexibility index (Phi) is 5.07. The van der Waals surface area contributed by atoms with Crippen LogP contribution in [0.25, 0.3) is 0 Å². The summed E-state index contributed by atoms with van der Waals surface area (Å²) in [7, 11) is 0. The maximum absolute atomic E-state index is 5.99. The lowest BCUT2D eigenvalue weighted by molar-refractivity contribution is 0.847. The van der Waals surface area contributed by atoms with E-state index in [0.717, 1.165) is 11.3 Å². The summed E-state index contributed by atoms with van der Waals surface area (Å²) in [5, 5.41) is 12.8. The first-order chi connectivity index (χ1) is 11.7. The maximum atomic E-state index is 5.99. The second-order valence-corrected chi connectivity index (χ2v) is 6.05. The average Bonchev–Trinajstić information content (AvgIpc) is 2.96. The van der Waals surface area contributed by atoms with Gasteiger partial charge in [0.1, 0.15) is 0 Å². The van der Waals surface area contributed by atoms with Gasteiger partial charge in [-0.25, -0.2) is 10.1 Å². The number of nitrogen functional groups attached to an aromatic ring is 1. The van der Waals surface area contributed by atoms with Crippen molar-refractivity contribution in [2.45, 2.75) is 17.8 Å². The number of thioether (sulfide) groups is 1. The van der Waals surface area contributed by atoms with E-state index in [1.165, 1.54) is 27.6 Å². The van der Waals surface area contributed by atoms with Gasteiger partial charge in [-0.2, -0.15) is 5.10 Å². The zero-order chi connectivity index (χ0) is 16.8. The molecule has 0 radical (unpaired) electrons. The zero-order valence-electron chi connectivity index (χ0n) is 13.1. The maximum Gasteiger partial charge on any atom is 0.264 e. The van der Waals surface area contributed by atoms with Crippen LogP contribution in [0.5, 0.6) is 0 Å². The Morgan fingerprint density at radius 1 is 1.25 bits per heavy atom. The largest absolute Gasteiger partial charge is 0.334 e. The van der Waals surface area contributed by atoms with E-state index in [9.17, 15) is 0 Å². The second kappa shape index (κ2) is 7.60. The summed E-state index contributed by atoms with van der Waals surface area (Å²) in [6.07, 6.45) is 5.06. The molecule has 2 aromatic heterocycles. The molecule has 0 aliphatic rings.